The van der Waals surface area contributed by atoms with E-state index in [1.165, 1.54) is 25.3 Å². The number of hydrogen-bond acceptors (Lipinski definition) is 8. The van der Waals surface area contributed by atoms with E-state index in [9.17, 15) is 19.2 Å². The molecule has 152 valence electrons. The van der Waals surface area contributed by atoms with Crippen molar-refractivity contribution in [1.82, 2.24) is 10.6 Å². The van der Waals surface area contributed by atoms with Gasteiger partial charge in [-0.25, -0.2) is 4.79 Å². The second-order valence-corrected chi connectivity index (χ2v) is 6.06. The predicted molar refractivity (Wildman–Crippen MR) is 96.1 cm³/mol. The predicted octanol–water partition coefficient (Wildman–Crippen LogP) is 0.424. The highest BCUT2D eigenvalue weighted by atomic mass is 16.6. The fourth-order valence-electron chi connectivity index (χ4n) is 2.40. The van der Waals surface area contributed by atoms with Crippen molar-refractivity contribution in [3.8, 4) is 11.5 Å². The van der Waals surface area contributed by atoms with E-state index >= 15 is 0 Å². The number of benzene rings is 1. The fraction of sp³-hybridized carbons (Fsp3) is 0.263. The highest BCUT2D eigenvalue weighted by Gasteiger charge is 2.29. The Kier molecular flexibility index (Phi) is 6.12. The van der Waals surface area contributed by atoms with Crippen LogP contribution in [-0.4, -0.2) is 49.1 Å². The number of nitrogens with one attached hydrogen (secondary N) is 2. The molecule has 2 N–H and O–H groups in total. The summed E-state index contributed by atoms with van der Waals surface area (Å²) in [5, 5.41) is 4.44. The van der Waals surface area contributed by atoms with Crippen LogP contribution in [0.3, 0.4) is 0 Å². The Morgan fingerprint density at radius 2 is 1.90 bits per heavy atom. The molecule has 29 heavy (non-hydrogen) atoms. The van der Waals surface area contributed by atoms with Gasteiger partial charge in [0.15, 0.2) is 23.9 Å². The molecule has 2 aromatic rings. The molecule has 2 atom stereocenters. The summed E-state index contributed by atoms with van der Waals surface area (Å²) in [7, 11) is 0. The summed E-state index contributed by atoms with van der Waals surface area (Å²) in [5.74, 6) is -2.09. The van der Waals surface area contributed by atoms with E-state index in [2.05, 4.69) is 10.6 Å². The van der Waals surface area contributed by atoms with Gasteiger partial charge in [0.25, 0.3) is 17.7 Å². The number of carbonyl (C=O) groups is 4. The molecule has 1 aromatic heterocycles. The van der Waals surface area contributed by atoms with Crippen molar-refractivity contribution >= 4 is 23.7 Å². The number of rotatable bonds is 6. The van der Waals surface area contributed by atoms with Crippen molar-refractivity contribution in [3.63, 3.8) is 0 Å². The Morgan fingerprint density at radius 3 is 2.62 bits per heavy atom. The van der Waals surface area contributed by atoms with E-state index in [-0.39, 0.29) is 12.4 Å². The highest BCUT2D eigenvalue weighted by molar-refractivity contribution is 5.99. The lowest BCUT2D eigenvalue weighted by molar-refractivity contribution is -0.151. The number of esters is 1. The average molecular weight is 402 g/mol. The van der Waals surface area contributed by atoms with Gasteiger partial charge in [0.2, 0.25) is 6.10 Å². The molecular formula is C19H18N2O8. The number of imide groups is 1. The van der Waals surface area contributed by atoms with Crippen molar-refractivity contribution in [2.24, 2.45) is 0 Å². The SMILES string of the molecule is C[C@H](NC(=O)c1ccco1)C(=O)OCC(=O)NC(=O)[C@H]1COc2ccccc2O1. The third-order valence-corrected chi connectivity index (χ3v) is 3.86. The monoisotopic (exact) mass is 402 g/mol. The van der Waals surface area contributed by atoms with Crippen LogP contribution in [-0.2, 0) is 19.1 Å². The van der Waals surface area contributed by atoms with Gasteiger partial charge in [-0.05, 0) is 31.2 Å². The fourth-order valence-corrected chi connectivity index (χ4v) is 2.40. The number of carbonyl (C=O) groups excluding carboxylic acids is 4. The topological polar surface area (TPSA) is 133 Å². The molecular weight excluding hydrogens is 384 g/mol. The minimum Gasteiger partial charge on any atom is -0.485 e. The maximum absolute atomic E-state index is 12.1. The maximum atomic E-state index is 12.1. The average Bonchev–Trinajstić information content (AvgIpc) is 3.26. The smallest absolute Gasteiger partial charge is 0.328 e. The molecule has 0 unspecified atom stereocenters. The second-order valence-electron chi connectivity index (χ2n) is 6.06. The minimum absolute atomic E-state index is 0.0317. The number of ether oxygens (including phenoxy) is 3. The van der Waals surface area contributed by atoms with Crippen LogP contribution < -0.4 is 20.1 Å². The Bertz CT molecular complexity index is 909. The highest BCUT2D eigenvalue weighted by Crippen LogP contribution is 2.30. The Hall–Kier alpha value is -3.82. The summed E-state index contributed by atoms with van der Waals surface area (Å²) in [6.45, 7) is 0.623. The first-order valence-corrected chi connectivity index (χ1v) is 8.67. The third-order valence-electron chi connectivity index (χ3n) is 3.86. The molecule has 2 heterocycles. The normalized spacial score (nSPS) is 15.7. The summed E-state index contributed by atoms with van der Waals surface area (Å²) in [4.78, 5) is 47.7. The van der Waals surface area contributed by atoms with Gasteiger partial charge in [0.05, 0.1) is 6.26 Å². The molecule has 10 nitrogen and oxygen atoms in total. The Labute approximate surface area is 165 Å². The number of fused-ring (bicyclic) bond motifs is 1. The van der Waals surface area contributed by atoms with Crippen LogP contribution in [0, 0.1) is 0 Å². The van der Waals surface area contributed by atoms with Gasteiger partial charge in [-0.3, -0.25) is 19.7 Å². The van der Waals surface area contributed by atoms with E-state index < -0.39 is 42.4 Å². The lowest BCUT2D eigenvalue weighted by atomic mass is 10.2. The molecule has 0 bridgehead atoms. The van der Waals surface area contributed by atoms with Crippen LogP contribution in [0.15, 0.2) is 47.1 Å². The van der Waals surface area contributed by atoms with Crippen LogP contribution in [0.5, 0.6) is 11.5 Å². The Balaban J connectivity index is 1.42. The summed E-state index contributed by atoms with van der Waals surface area (Å²) in [5.41, 5.74) is 0. The lowest BCUT2D eigenvalue weighted by Crippen LogP contribution is -2.47. The molecule has 0 saturated carbocycles. The quantitative estimate of drug-likeness (QED) is 0.665. The number of hydrogen-bond donors (Lipinski definition) is 2. The van der Waals surface area contributed by atoms with E-state index in [0.717, 1.165) is 0 Å². The van der Waals surface area contributed by atoms with Crippen LogP contribution in [0.2, 0.25) is 0 Å². The molecule has 0 aliphatic carbocycles. The molecule has 1 aliphatic rings. The van der Waals surface area contributed by atoms with Gasteiger partial charge in [-0.1, -0.05) is 12.1 Å². The molecule has 1 aromatic carbocycles. The minimum atomic E-state index is -1.03. The molecule has 0 saturated heterocycles. The summed E-state index contributed by atoms with van der Waals surface area (Å²) in [6, 6.07) is 8.75. The van der Waals surface area contributed by atoms with Crippen molar-refractivity contribution < 1.29 is 37.8 Å². The zero-order valence-corrected chi connectivity index (χ0v) is 15.4. The molecule has 0 radical (unpaired) electrons. The number of para-hydroxylation sites is 2. The van der Waals surface area contributed by atoms with Crippen molar-refractivity contribution in [2.75, 3.05) is 13.2 Å². The molecule has 10 heteroatoms. The van der Waals surface area contributed by atoms with E-state index in [4.69, 9.17) is 18.6 Å². The van der Waals surface area contributed by atoms with Gasteiger partial charge in [0, 0.05) is 0 Å². The molecule has 1 aliphatic heterocycles. The third kappa shape index (κ3) is 5.12. The summed E-state index contributed by atoms with van der Waals surface area (Å²) >= 11 is 0. The van der Waals surface area contributed by atoms with E-state index in [0.29, 0.717) is 11.5 Å². The standard InChI is InChI=1S/C19H18N2O8/c1-11(20-17(23)14-7-4-8-26-14)19(25)28-10-16(22)21-18(24)15-9-27-12-5-2-3-6-13(12)29-15/h2-8,11,15H,9-10H2,1H3,(H,20,23)(H,21,22,24)/t11-,15+/m0/s1. The van der Waals surface area contributed by atoms with Crippen molar-refractivity contribution in [1.29, 1.82) is 0 Å². The molecule has 3 amide bonds. The summed E-state index contributed by atoms with van der Waals surface area (Å²) < 4.78 is 20.6. The maximum Gasteiger partial charge on any atom is 0.328 e. The van der Waals surface area contributed by atoms with Gasteiger partial charge in [-0.15, -0.1) is 0 Å². The molecule has 0 spiro atoms. The van der Waals surface area contributed by atoms with Crippen LogP contribution >= 0.6 is 0 Å². The Morgan fingerprint density at radius 1 is 1.14 bits per heavy atom. The van der Waals surface area contributed by atoms with Crippen LogP contribution in [0.1, 0.15) is 17.5 Å². The first-order chi connectivity index (χ1) is 13.9. The molecule has 0 fully saturated rings. The lowest BCUT2D eigenvalue weighted by Gasteiger charge is -2.25. The largest absolute Gasteiger partial charge is 0.485 e. The summed E-state index contributed by atoms with van der Waals surface area (Å²) in [6.07, 6.45) is 0.301. The van der Waals surface area contributed by atoms with Gasteiger partial charge in [0.1, 0.15) is 12.6 Å². The first-order valence-electron chi connectivity index (χ1n) is 8.67. The molecule has 3 rings (SSSR count). The zero-order chi connectivity index (χ0) is 20.8. The number of furan rings is 1. The van der Waals surface area contributed by atoms with E-state index in [1.54, 1.807) is 24.3 Å². The van der Waals surface area contributed by atoms with Crippen LogP contribution in [0.4, 0.5) is 0 Å². The van der Waals surface area contributed by atoms with Crippen LogP contribution in [0.25, 0.3) is 0 Å². The van der Waals surface area contributed by atoms with Gasteiger partial charge < -0.3 is 23.9 Å². The van der Waals surface area contributed by atoms with Gasteiger partial charge in [-0.2, -0.15) is 0 Å². The van der Waals surface area contributed by atoms with Gasteiger partial charge >= 0.3 is 5.97 Å². The second kappa shape index (κ2) is 8.91. The number of amides is 3. The zero-order valence-electron chi connectivity index (χ0n) is 15.4. The van der Waals surface area contributed by atoms with Crippen molar-refractivity contribution in [2.45, 2.75) is 19.1 Å². The first kappa shape index (κ1) is 19.9. The van der Waals surface area contributed by atoms with Crippen molar-refractivity contribution in [3.05, 3.63) is 48.4 Å². The van der Waals surface area contributed by atoms with E-state index in [1.807, 2.05) is 0 Å².